The highest BCUT2D eigenvalue weighted by Crippen LogP contribution is 2.27. The molecular formula is C24H33ClN4O6. The Labute approximate surface area is 209 Å². The highest BCUT2D eigenvalue weighted by molar-refractivity contribution is 6.33. The van der Waals surface area contributed by atoms with E-state index in [1.165, 1.54) is 23.1 Å². The third-order valence-electron chi connectivity index (χ3n) is 6.11. The fourth-order valence-electron chi connectivity index (χ4n) is 4.25. The molecule has 1 aromatic carbocycles. The zero-order valence-electron chi connectivity index (χ0n) is 20.4. The number of hydrogen-bond acceptors (Lipinski definition) is 7. The topological polar surface area (TPSA) is 140 Å². The molecule has 2 aliphatic rings. The number of carbonyl (C=O) groups excluding carboxylic acids is 4. The van der Waals surface area contributed by atoms with Gasteiger partial charge in [-0.2, -0.15) is 0 Å². The van der Waals surface area contributed by atoms with Crippen LogP contribution in [0.15, 0.2) is 18.2 Å². The van der Waals surface area contributed by atoms with Gasteiger partial charge in [-0.3, -0.25) is 19.2 Å². The van der Waals surface area contributed by atoms with Crippen molar-refractivity contribution in [2.75, 3.05) is 18.9 Å². The first kappa shape index (κ1) is 26.7. The van der Waals surface area contributed by atoms with Gasteiger partial charge in [-0.05, 0) is 43.4 Å². The predicted octanol–water partition coefficient (Wildman–Crippen LogP) is 1.85. The molecule has 3 rings (SSSR count). The molecule has 0 spiro atoms. The maximum absolute atomic E-state index is 13.6. The molecule has 0 aliphatic carbocycles. The molecule has 11 heteroatoms. The van der Waals surface area contributed by atoms with E-state index < -0.39 is 41.7 Å². The summed E-state index contributed by atoms with van der Waals surface area (Å²) in [6.07, 6.45) is 0.255. The standard InChI is InChI=1S/C24H33ClN4O6/c1-5-34-23-16(12-18(30)35-23)27-21(32)17-7-6-10-29(17)22(33)19(24(2,3)4)28-20(31)13-8-9-15(26)14(25)11-13/h8-9,11,16-17,19,23H,5-7,10,12,26H2,1-4H3,(H,27,32)(H,28,31)/t16-,17-,19?,23+/m0/s1. The molecule has 3 amide bonds. The number of esters is 1. The monoisotopic (exact) mass is 508 g/mol. The first-order valence-electron chi connectivity index (χ1n) is 11.7. The van der Waals surface area contributed by atoms with Gasteiger partial charge in [0.2, 0.25) is 18.1 Å². The summed E-state index contributed by atoms with van der Waals surface area (Å²) in [6, 6.07) is 2.26. The lowest BCUT2D eigenvalue weighted by atomic mass is 9.85. The number of ether oxygens (including phenoxy) is 2. The number of hydrogen-bond donors (Lipinski definition) is 3. The zero-order chi connectivity index (χ0) is 25.9. The third kappa shape index (κ3) is 6.24. The molecule has 0 saturated carbocycles. The summed E-state index contributed by atoms with van der Waals surface area (Å²) in [5, 5.41) is 5.86. The molecule has 0 radical (unpaired) electrons. The van der Waals surface area contributed by atoms with E-state index in [0.717, 1.165) is 0 Å². The maximum Gasteiger partial charge on any atom is 0.310 e. The number of nitrogen functional groups attached to an aromatic ring is 1. The number of amides is 3. The van der Waals surface area contributed by atoms with Gasteiger partial charge in [0.1, 0.15) is 18.1 Å². The zero-order valence-corrected chi connectivity index (χ0v) is 21.2. The van der Waals surface area contributed by atoms with Crippen molar-refractivity contribution in [2.45, 2.75) is 71.4 Å². The Morgan fingerprint density at radius 1 is 1.31 bits per heavy atom. The molecule has 1 unspecified atom stereocenters. The molecule has 192 valence electrons. The summed E-state index contributed by atoms with van der Waals surface area (Å²) < 4.78 is 10.5. The second-order valence-electron chi connectivity index (χ2n) is 9.83. The van der Waals surface area contributed by atoms with Crippen molar-refractivity contribution in [3.05, 3.63) is 28.8 Å². The van der Waals surface area contributed by atoms with Gasteiger partial charge in [0, 0.05) is 18.7 Å². The lowest BCUT2D eigenvalue weighted by molar-refractivity contribution is -0.164. The average molecular weight is 509 g/mol. The van der Waals surface area contributed by atoms with Crippen molar-refractivity contribution in [1.29, 1.82) is 0 Å². The molecule has 4 atom stereocenters. The minimum absolute atomic E-state index is 0.00188. The van der Waals surface area contributed by atoms with Crippen molar-refractivity contribution in [1.82, 2.24) is 15.5 Å². The Kier molecular flexibility index (Phi) is 8.27. The molecule has 2 aliphatic heterocycles. The van der Waals surface area contributed by atoms with Crippen LogP contribution in [0.25, 0.3) is 0 Å². The number of anilines is 1. The number of cyclic esters (lactones) is 1. The van der Waals surface area contributed by atoms with Crippen LogP contribution in [-0.4, -0.2) is 66.2 Å². The van der Waals surface area contributed by atoms with E-state index in [-0.39, 0.29) is 28.8 Å². The molecule has 2 fully saturated rings. The summed E-state index contributed by atoms with van der Waals surface area (Å²) in [5.74, 6) is -1.66. The van der Waals surface area contributed by atoms with E-state index in [1.54, 1.807) is 6.92 Å². The Morgan fingerprint density at radius 3 is 2.66 bits per heavy atom. The van der Waals surface area contributed by atoms with Gasteiger partial charge in [-0.1, -0.05) is 32.4 Å². The first-order chi connectivity index (χ1) is 16.4. The van der Waals surface area contributed by atoms with Crippen LogP contribution in [-0.2, 0) is 23.9 Å². The predicted molar refractivity (Wildman–Crippen MR) is 129 cm³/mol. The minimum atomic E-state index is -0.896. The molecule has 10 nitrogen and oxygen atoms in total. The van der Waals surface area contributed by atoms with Crippen LogP contribution in [0.4, 0.5) is 5.69 Å². The average Bonchev–Trinajstić information content (AvgIpc) is 3.39. The maximum atomic E-state index is 13.6. The summed E-state index contributed by atoms with van der Waals surface area (Å²) in [7, 11) is 0. The number of nitrogens with zero attached hydrogens (tertiary/aromatic N) is 1. The Hall–Kier alpha value is -2.85. The Bertz CT molecular complexity index is 995. The summed E-state index contributed by atoms with van der Waals surface area (Å²) in [5.41, 5.74) is 5.71. The molecule has 0 bridgehead atoms. The Balaban J connectivity index is 1.74. The number of halogens is 1. The Morgan fingerprint density at radius 2 is 2.03 bits per heavy atom. The van der Waals surface area contributed by atoms with E-state index in [1.807, 2.05) is 20.8 Å². The number of nitrogens with two attached hydrogens (primary N) is 1. The number of rotatable bonds is 7. The lowest BCUT2D eigenvalue weighted by Gasteiger charge is -2.35. The second kappa shape index (κ2) is 10.8. The van der Waals surface area contributed by atoms with Crippen LogP contribution in [0.5, 0.6) is 0 Å². The lowest BCUT2D eigenvalue weighted by Crippen LogP contribution is -2.58. The van der Waals surface area contributed by atoms with Crippen molar-refractivity contribution >= 4 is 41.0 Å². The molecule has 0 aromatic heterocycles. The summed E-state index contributed by atoms with van der Waals surface area (Å²) in [6.45, 7) is 7.98. The number of likely N-dealkylation sites (tertiary alicyclic amines) is 1. The van der Waals surface area contributed by atoms with Crippen LogP contribution in [0, 0.1) is 5.41 Å². The number of benzene rings is 1. The molecule has 2 saturated heterocycles. The highest BCUT2D eigenvalue weighted by atomic mass is 35.5. The smallest absolute Gasteiger partial charge is 0.310 e. The van der Waals surface area contributed by atoms with E-state index in [9.17, 15) is 19.2 Å². The van der Waals surface area contributed by atoms with Crippen LogP contribution >= 0.6 is 11.6 Å². The van der Waals surface area contributed by atoms with E-state index >= 15 is 0 Å². The van der Waals surface area contributed by atoms with Crippen LogP contribution in [0.2, 0.25) is 5.02 Å². The van der Waals surface area contributed by atoms with Gasteiger partial charge >= 0.3 is 5.97 Å². The van der Waals surface area contributed by atoms with E-state index in [2.05, 4.69) is 10.6 Å². The van der Waals surface area contributed by atoms with Crippen molar-refractivity contribution < 1.29 is 28.7 Å². The van der Waals surface area contributed by atoms with Gasteiger partial charge in [0.15, 0.2) is 0 Å². The second-order valence-corrected chi connectivity index (χ2v) is 10.2. The largest absolute Gasteiger partial charge is 0.433 e. The number of nitrogens with one attached hydrogen (secondary N) is 2. The van der Waals surface area contributed by atoms with Gasteiger partial charge in [-0.15, -0.1) is 0 Å². The van der Waals surface area contributed by atoms with Gasteiger partial charge < -0.3 is 30.7 Å². The van der Waals surface area contributed by atoms with Gasteiger partial charge in [-0.25, -0.2) is 0 Å². The van der Waals surface area contributed by atoms with Crippen molar-refractivity contribution in [2.24, 2.45) is 5.41 Å². The van der Waals surface area contributed by atoms with Gasteiger partial charge in [0.05, 0.1) is 17.1 Å². The molecule has 2 heterocycles. The molecule has 1 aromatic rings. The van der Waals surface area contributed by atoms with Crippen molar-refractivity contribution in [3.63, 3.8) is 0 Å². The minimum Gasteiger partial charge on any atom is -0.433 e. The van der Waals surface area contributed by atoms with E-state index in [4.69, 9.17) is 26.8 Å². The quantitative estimate of drug-likeness (QED) is 0.377. The summed E-state index contributed by atoms with van der Waals surface area (Å²) >= 11 is 6.05. The van der Waals surface area contributed by atoms with Crippen LogP contribution in [0.3, 0.4) is 0 Å². The van der Waals surface area contributed by atoms with Crippen LogP contribution < -0.4 is 16.4 Å². The molecular weight excluding hydrogens is 476 g/mol. The van der Waals surface area contributed by atoms with Crippen LogP contribution in [0.1, 0.15) is 57.3 Å². The van der Waals surface area contributed by atoms with Crippen molar-refractivity contribution in [3.8, 4) is 0 Å². The third-order valence-corrected chi connectivity index (χ3v) is 6.44. The number of carbonyl (C=O) groups is 4. The molecule has 35 heavy (non-hydrogen) atoms. The first-order valence-corrected chi connectivity index (χ1v) is 12.1. The highest BCUT2D eigenvalue weighted by Gasteiger charge is 2.44. The van der Waals surface area contributed by atoms with E-state index in [0.29, 0.717) is 31.7 Å². The summed E-state index contributed by atoms with van der Waals surface area (Å²) in [4.78, 5) is 52.9. The SMILES string of the molecule is CCO[C@@H]1OC(=O)C[C@@H]1NC(=O)[C@@H]1CCCN1C(=O)C(NC(=O)c1ccc(N)c(Cl)c1)C(C)(C)C. The van der Waals surface area contributed by atoms with Gasteiger partial charge in [0.25, 0.3) is 5.91 Å². The molecule has 4 N–H and O–H groups in total. The fraction of sp³-hybridized carbons (Fsp3) is 0.583. The normalized spacial score (nSPS) is 23.1. The fourth-order valence-corrected chi connectivity index (χ4v) is 4.43.